The van der Waals surface area contributed by atoms with E-state index in [1.54, 1.807) is 21.1 Å². The number of hydrogen-bond donors (Lipinski definition) is 1. The molecule has 24 heavy (non-hydrogen) atoms. The molecule has 0 saturated heterocycles. The first-order chi connectivity index (χ1) is 11.6. The molecule has 0 bridgehead atoms. The van der Waals surface area contributed by atoms with Crippen molar-refractivity contribution < 1.29 is 14.3 Å². The highest BCUT2D eigenvalue weighted by atomic mass is 16.5. The third kappa shape index (κ3) is 3.13. The minimum atomic E-state index is -0.00531. The van der Waals surface area contributed by atoms with Crippen LogP contribution in [0.15, 0.2) is 48.7 Å². The Labute approximate surface area is 141 Å². The summed E-state index contributed by atoms with van der Waals surface area (Å²) in [4.78, 5) is 15.1. The minimum absolute atomic E-state index is 0.00531. The molecule has 1 atom stereocenters. The molecular weight excluding hydrogens is 302 g/mol. The van der Waals surface area contributed by atoms with Crippen molar-refractivity contribution in [1.82, 2.24) is 4.98 Å². The lowest BCUT2D eigenvalue weighted by Crippen LogP contribution is -2.06. The molecular formula is C20H21NO3. The number of carbonyl (C=O) groups excluding carboxylic acids is 1. The van der Waals surface area contributed by atoms with Gasteiger partial charge in [-0.1, -0.05) is 12.1 Å². The Hall–Kier alpha value is -2.75. The molecule has 0 spiro atoms. The van der Waals surface area contributed by atoms with E-state index < -0.39 is 0 Å². The number of aromatic nitrogens is 1. The second-order valence-electron chi connectivity index (χ2n) is 5.89. The molecule has 124 valence electrons. The number of ether oxygens (including phenoxy) is 2. The molecule has 0 aliphatic carbocycles. The van der Waals surface area contributed by atoms with E-state index in [2.05, 4.69) is 4.98 Å². The molecule has 2 aromatic carbocycles. The second kappa shape index (κ2) is 6.79. The number of H-pyrrole nitrogens is 1. The zero-order valence-electron chi connectivity index (χ0n) is 14.1. The Morgan fingerprint density at radius 3 is 2.33 bits per heavy atom. The fourth-order valence-electron chi connectivity index (χ4n) is 3.07. The van der Waals surface area contributed by atoms with Gasteiger partial charge in [0.1, 0.15) is 17.3 Å². The largest absolute Gasteiger partial charge is 0.497 e. The maximum Gasteiger partial charge on any atom is 0.130 e. The second-order valence-corrected chi connectivity index (χ2v) is 5.89. The van der Waals surface area contributed by atoms with E-state index in [0.717, 1.165) is 33.5 Å². The van der Waals surface area contributed by atoms with Crippen molar-refractivity contribution in [1.29, 1.82) is 0 Å². The Kier molecular flexibility index (Phi) is 4.56. The van der Waals surface area contributed by atoms with Gasteiger partial charge >= 0.3 is 0 Å². The highest BCUT2D eigenvalue weighted by Crippen LogP contribution is 2.35. The third-order valence-electron chi connectivity index (χ3n) is 4.31. The van der Waals surface area contributed by atoms with E-state index in [4.69, 9.17) is 9.47 Å². The zero-order valence-corrected chi connectivity index (χ0v) is 14.1. The zero-order chi connectivity index (χ0) is 17.1. The van der Waals surface area contributed by atoms with Gasteiger partial charge < -0.3 is 14.5 Å². The fraction of sp³-hybridized carbons (Fsp3) is 0.250. The number of methoxy groups -OCH3 is 2. The molecule has 0 saturated carbocycles. The van der Waals surface area contributed by atoms with Gasteiger partial charge in [0.15, 0.2) is 0 Å². The Morgan fingerprint density at radius 2 is 1.71 bits per heavy atom. The SMILES string of the molecule is COc1ccc([C@@H](CC(C)=O)c2c[nH]c3ccc(OC)cc23)cc1. The maximum atomic E-state index is 11.8. The lowest BCUT2D eigenvalue weighted by molar-refractivity contribution is -0.117. The summed E-state index contributed by atoms with van der Waals surface area (Å²) in [6.07, 6.45) is 2.44. The lowest BCUT2D eigenvalue weighted by Gasteiger charge is -2.16. The monoisotopic (exact) mass is 323 g/mol. The Bertz CT molecular complexity index is 849. The van der Waals surface area contributed by atoms with Crippen molar-refractivity contribution in [2.45, 2.75) is 19.3 Å². The summed E-state index contributed by atoms with van der Waals surface area (Å²) < 4.78 is 10.6. The molecule has 1 aromatic heterocycles. The molecule has 4 heteroatoms. The number of rotatable bonds is 6. The molecule has 0 amide bonds. The van der Waals surface area contributed by atoms with Gasteiger partial charge in [-0.2, -0.15) is 0 Å². The highest BCUT2D eigenvalue weighted by Gasteiger charge is 2.20. The van der Waals surface area contributed by atoms with Crippen molar-refractivity contribution in [2.24, 2.45) is 0 Å². The highest BCUT2D eigenvalue weighted by molar-refractivity contribution is 5.87. The predicted molar refractivity (Wildman–Crippen MR) is 95.0 cm³/mol. The number of nitrogens with one attached hydrogen (secondary N) is 1. The first-order valence-corrected chi connectivity index (χ1v) is 7.90. The summed E-state index contributed by atoms with van der Waals surface area (Å²) >= 11 is 0. The summed E-state index contributed by atoms with van der Waals surface area (Å²) in [5.74, 6) is 1.77. The van der Waals surface area contributed by atoms with E-state index in [-0.39, 0.29) is 11.7 Å². The topological polar surface area (TPSA) is 51.3 Å². The summed E-state index contributed by atoms with van der Waals surface area (Å²) in [7, 11) is 3.30. The average molecular weight is 323 g/mol. The average Bonchev–Trinajstić information content (AvgIpc) is 3.02. The van der Waals surface area contributed by atoms with Crippen LogP contribution in [-0.4, -0.2) is 25.0 Å². The summed E-state index contributed by atoms with van der Waals surface area (Å²) in [6, 6.07) is 13.8. The molecule has 4 nitrogen and oxygen atoms in total. The van der Waals surface area contributed by atoms with Crippen LogP contribution >= 0.6 is 0 Å². The molecule has 0 radical (unpaired) electrons. The normalized spacial score (nSPS) is 12.1. The van der Waals surface area contributed by atoms with Gasteiger partial charge in [-0.15, -0.1) is 0 Å². The van der Waals surface area contributed by atoms with Crippen LogP contribution in [0.25, 0.3) is 10.9 Å². The van der Waals surface area contributed by atoms with Crippen LogP contribution in [0, 0.1) is 0 Å². The number of benzene rings is 2. The quantitative estimate of drug-likeness (QED) is 0.736. The number of carbonyl (C=O) groups is 1. The number of ketones is 1. The number of hydrogen-bond acceptors (Lipinski definition) is 3. The summed E-state index contributed by atoms with van der Waals surface area (Å²) in [6.45, 7) is 1.63. The number of Topliss-reactive ketones (excluding diaryl/α,β-unsaturated/α-hetero) is 1. The van der Waals surface area contributed by atoms with Gasteiger partial charge in [-0.25, -0.2) is 0 Å². The van der Waals surface area contributed by atoms with Gasteiger partial charge in [0, 0.05) is 29.4 Å². The van der Waals surface area contributed by atoms with Crippen molar-refractivity contribution in [3.63, 3.8) is 0 Å². The van der Waals surface area contributed by atoms with Crippen LogP contribution in [0.4, 0.5) is 0 Å². The van der Waals surface area contributed by atoms with E-state index in [9.17, 15) is 4.79 Å². The standard InChI is InChI=1S/C20H21NO3/c1-13(22)10-17(14-4-6-15(23-2)7-5-14)19-12-21-20-9-8-16(24-3)11-18(19)20/h4-9,11-12,17,21H,10H2,1-3H3/t17-/m1/s1. The Morgan fingerprint density at radius 1 is 1.04 bits per heavy atom. The van der Waals surface area contributed by atoms with Crippen molar-refractivity contribution >= 4 is 16.7 Å². The van der Waals surface area contributed by atoms with Crippen molar-refractivity contribution in [3.8, 4) is 11.5 Å². The lowest BCUT2D eigenvalue weighted by atomic mass is 9.87. The summed E-state index contributed by atoms with van der Waals surface area (Å²) in [5, 5.41) is 1.08. The molecule has 1 heterocycles. The maximum absolute atomic E-state index is 11.8. The van der Waals surface area contributed by atoms with E-state index in [1.807, 2.05) is 48.7 Å². The molecule has 0 fully saturated rings. The smallest absolute Gasteiger partial charge is 0.130 e. The number of aromatic amines is 1. The van der Waals surface area contributed by atoms with E-state index in [0.29, 0.717) is 6.42 Å². The van der Waals surface area contributed by atoms with Crippen LogP contribution in [0.5, 0.6) is 11.5 Å². The molecule has 0 aliphatic rings. The first kappa shape index (κ1) is 16.1. The predicted octanol–water partition coefficient (Wildman–Crippen LogP) is 4.30. The summed E-state index contributed by atoms with van der Waals surface area (Å²) in [5.41, 5.74) is 3.23. The van der Waals surface area contributed by atoms with E-state index >= 15 is 0 Å². The van der Waals surface area contributed by atoms with Crippen molar-refractivity contribution in [3.05, 3.63) is 59.8 Å². The van der Waals surface area contributed by atoms with Crippen LogP contribution in [0.1, 0.15) is 30.4 Å². The number of fused-ring (bicyclic) bond motifs is 1. The fourth-order valence-corrected chi connectivity index (χ4v) is 3.07. The molecule has 1 N–H and O–H groups in total. The van der Waals surface area contributed by atoms with Crippen LogP contribution in [-0.2, 0) is 4.79 Å². The van der Waals surface area contributed by atoms with Crippen molar-refractivity contribution in [2.75, 3.05) is 14.2 Å². The van der Waals surface area contributed by atoms with Crippen LogP contribution in [0.3, 0.4) is 0 Å². The molecule has 3 rings (SSSR count). The molecule has 3 aromatic rings. The van der Waals surface area contributed by atoms with Gasteiger partial charge in [0.25, 0.3) is 0 Å². The Balaban J connectivity index is 2.09. The van der Waals surface area contributed by atoms with Gasteiger partial charge in [0.2, 0.25) is 0 Å². The van der Waals surface area contributed by atoms with Gasteiger partial charge in [-0.05, 0) is 48.4 Å². The van der Waals surface area contributed by atoms with Crippen LogP contribution in [0.2, 0.25) is 0 Å². The molecule has 0 aliphatic heterocycles. The van der Waals surface area contributed by atoms with Gasteiger partial charge in [0.05, 0.1) is 14.2 Å². The first-order valence-electron chi connectivity index (χ1n) is 7.90. The van der Waals surface area contributed by atoms with E-state index in [1.165, 1.54) is 0 Å². The minimum Gasteiger partial charge on any atom is -0.497 e. The van der Waals surface area contributed by atoms with Gasteiger partial charge in [-0.3, -0.25) is 4.79 Å². The third-order valence-corrected chi connectivity index (χ3v) is 4.31. The van der Waals surface area contributed by atoms with Crippen LogP contribution < -0.4 is 9.47 Å². The molecule has 0 unspecified atom stereocenters.